The lowest BCUT2D eigenvalue weighted by Gasteiger charge is -2.58. The van der Waals surface area contributed by atoms with Crippen LogP contribution in [0.5, 0.6) is 0 Å². The highest BCUT2D eigenvalue weighted by Crippen LogP contribution is 2.61. The van der Waals surface area contributed by atoms with Gasteiger partial charge in [0.05, 0.1) is 6.26 Å². The van der Waals surface area contributed by atoms with E-state index in [-0.39, 0.29) is 0 Å². The van der Waals surface area contributed by atoms with Gasteiger partial charge in [-0.15, -0.1) is 0 Å². The minimum atomic E-state index is 0.399. The van der Waals surface area contributed by atoms with Gasteiger partial charge in [0.1, 0.15) is 5.76 Å². The molecule has 0 amide bonds. The first-order valence-corrected chi connectivity index (χ1v) is 8.55. The van der Waals surface area contributed by atoms with E-state index in [1.54, 1.807) is 0 Å². The predicted molar refractivity (Wildman–Crippen MR) is 88.2 cm³/mol. The standard InChI is InChI=1S/C20H30O/c1-14-7-8-18-19(3,4)10-6-11-20(18,5)16(14)13-17-15(2)9-12-21-17/h9,12,16,18H,1,6-8,10-11,13H2,2-5H3/t16-,18-,20-/m1/s1. The van der Waals surface area contributed by atoms with Crippen LogP contribution in [0.15, 0.2) is 28.9 Å². The first-order valence-electron chi connectivity index (χ1n) is 8.55. The number of hydrogen-bond donors (Lipinski definition) is 0. The van der Waals surface area contributed by atoms with Crippen LogP contribution in [0.25, 0.3) is 0 Å². The van der Waals surface area contributed by atoms with E-state index in [1.807, 2.05) is 6.26 Å². The maximum Gasteiger partial charge on any atom is 0.107 e. The van der Waals surface area contributed by atoms with E-state index in [9.17, 15) is 0 Å². The van der Waals surface area contributed by atoms with Crippen molar-refractivity contribution in [2.45, 2.75) is 66.2 Å². The highest BCUT2D eigenvalue weighted by molar-refractivity contribution is 5.22. The Morgan fingerprint density at radius 1 is 1.29 bits per heavy atom. The molecular formula is C20H30O. The van der Waals surface area contributed by atoms with Crippen LogP contribution in [0.3, 0.4) is 0 Å². The maximum atomic E-state index is 5.75. The lowest BCUT2D eigenvalue weighted by Crippen LogP contribution is -2.50. The zero-order valence-corrected chi connectivity index (χ0v) is 14.2. The Hall–Kier alpha value is -0.980. The van der Waals surface area contributed by atoms with Crippen molar-refractivity contribution in [1.82, 2.24) is 0 Å². The summed E-state index contributed by atoms with van der Waals surface area (Å²) in [6.45, 7) is 14.1. The van der Waals surface area contributed by atoms with Crippen molar-refractivity contribution in [3.8, 4) is 0 Å². The Morgan fingerprint density at radius 3 is 2.71 bits per heavy atom. The predicted octanol–water partition coefficient (Wildman–Crippen LogP) is 5.93. The summed E-state index contributed by atoms with van der Waals surface area (Å²) in [6.07, 6.45) is 9.50. The van der Waals surface area contributed by atoms with E-state index >= 15 is 0 Å². The average Bonchev–Trinajstić information content (AvgIpc) is 2.78. The molecule has 3 rings (SSSR count). The maximum absolute atomic E-state index is 5.75. The fourth-order valence-corrected chi connectivity index (χ4v) is 5.45. The number of fused-ring (bicyclic) bond motifs is 1. The molecule has 21 heavy (non-hydrogen) atoms. The molecule has 2 fully saturated rings. The summed E-state index contributed by atoms with van der Waals surface area (Å²) in [6, 6.07) is 2.09. The van der Waals surface area contributed by atoms with Gasteiger partial charge in [-0.25, -0.2) is 0 Å². The van der Waals surface area contributed by atoms with Gasteiger partial charge >= 0.3 is 0 Å². The molecule has 0 aromatic carbocycles. The van der Waals surface area contributed by atoms with E-state index in [1.165, 1.54) is 49.0 Å². The number of hydrogen-bond acceptors (Lipinski definition) is 1. The Balaban J connectivity index is 1.93. The van der Waals surface area contributed by atoms with Gasteiger partial charge in [-0.2, -0.15) is 0 Å². The van der Waals surface area contributed by atoms with Crippen molar-refractivity contribution >= 4 is 0 Å². The van der Waals surface area contributed by atoms with E-state index in [0.29, 0.717) is 16.7 Å². The number of furan rings is 1. The fourth-order valence-electron chi connectivity index (χ4n) is 5.45. The minimum Gasteiger partial charge on any atom is -0.469 e. The molecular weight excluding hydrogens is 256 g/mol. The smallest absolute Gasteiger partial charge is 0.107 e. The zero-order valence-electron chi connectivity index (χ0n) is 14.2. The quantitative estimate of drug-likeness (QED) is 0.614. The van der Waals surface area contributed by atoms with E-state index in [2.05, 4.69) is 40.3 Å². The first-order chi connectivity index (χ1) is 9.84. The third kappa shape index (κ3) is 2.39. The van der Waals surface area contributed by atoms with Crippen molar-refractivity contribution in [1.29, 1.82) is 0 Å². The molecule has 0 bridgehead atoms. The van der Waals surface area contributed by atoms with Gasteiger partial charge in [-0.3, -0.25) is 0 Å². The summed E-state index contributed by atoms with van der Waals surface area (Å²) >= 11 is 0. The Bertz CT molecular complexity index is 536. The summed E-state index contributed by atoms with van der Waals surface area (Å²) in [7, 11) is 0. The second kappa shape index (κ2) is 5.04. The molecule has 1 heteroatoms. The molecule has 0 saturated heterocycles. The Morgan fingerprint density at radius 2 is 2.05 bits per heavy atom. The highest BCUT2D eigenvalue weighted by atomic mass is 16.3. The van der Waals surface area contributed by atoms with Gasteiger partial charge < -0.3 is 4.42 Å². The third-order valence-electron chi connectivity index (χ3n) is 6.68. The summed E-state index contributed by atoms with van der Waals surface area (Å²) in [4.78, 5) is 0. The molecule has 116 valence electrons. The van der Waals surface area contributed by atoms with Crippen molar-refractivity contribution in [3.05, 3.63) is 35.8 Å². The Kier molecular flexibility index (Phi) is 3.58. The summed E-state index contributed by atoms with van der Waals surface area (Å²) in [5.41, 5.74) is 3.63. The second-order valence-corrected chi connectivity index (χ2v) is 8.38. The Labute approximate surface area is 129 Å². The van der Waals surface area contributed by atoms with Crippen molar-refractivity contribution in [2.75, 3.05) is 0 Å². The van der Waals surface area contributed by atoms with Gasteiger partial charge in [-0.1, -0.05) is 39.3 Å². The van der Waals surface area contributed by atoms with Crippen molar-refractivity contribution < 1.29 is 4.42 Å². The zero-order chi connectivity index (χ0) is 15.3. The van der Waals surface area contributed by atoms with E-state index in [4.69, 9.17) is 4.42 Å². The molecule has 1 aromatic rings. The molecule has 0 spiro atoms. The topological polar surface area (TPSA) is 13.1 Å². The van der Waals surface area contributed by atoms with Crippen LogP contribution >= 0.6 is 0 Å². The largest absolute Gasteiger partial charge is 0.469 e. The molecule has 0 radical (unpaired) electrons. The molecule has 0 N–H and O–H groups in total. The van der Waals surface area contributed by atoms with Gasteiger partial charge in [0.15, 0.2) is 0 Å². The van der Waals surface area contributed by atoms with E-state index < -0.39 is 0 Å². The molecule has 1 nitrogen and oxygen atoms in total. The first kappa shape index (κ1) is 14.9. The average molecular weight is 286 g/mol. The highest BCUT2D eigenvalue weighted by Gasteiger charge is 2.52. The number of rotatable bonds is 2. The molecule has 2 aliphatic carbocycles. The van der Waals surface area contributed by atoms with Gasteiger partial charge in [0.25, 0.3) is 0 Å². The third-order valence-corrected chi connectivity index (χ3v) is 6.68. The van der Waals surface area contributed by atoms with Crippen LogP contribution in [0.1, 0.15) is 64.2 Å². The van der Waals surface area contributed by atoms with Crippen LogP contribution in [0, 0.1) is 29.6 Å². The lowest BCUT2D eigenvalue weighted by molar-refractivity contribution is -0.0528. The van der Waals surface area contributed by atoms with Gasteiger partial charge in [-0.05, 0) is 66.9 Å². The van der Waals surface area contributed by atoms with Crippen molar-refractivity contribution in [3.63, 3.8) is 0 Å². The van der Waals surface area contributed by atoms with Crippen LogP contribution < -0.4 is 0 Å². The fraction of sp³-hybridized carbons (Fsp3) is 0.700. The molecule has 0 aliphatic heterocycles. The number of allylic oxidation sites excluding steroid dienone is 1. The van der Waals surface area contributed by atoms with Gasteiger partial charge in [0.2, 0.25) is 0 Å². The lowest BCUT2D eigenvalue weighted by atomic mass is 9.47. The monoisotopic (exact) mass is 286 g/mol. The summed E-state index contributed by atoms with van der Waals surface area (Å²) in [5, 5.41) is 0. The van der Waals surface area contributed by atoms with Crippen LogP contribution in [0.4, 0.5) is 0 Å². The van der Waals surface area contributed by atoms with E-state index in [0.717, 1.165) is 12.3 Å². The SMILES string of the molecule is C=C1CC[C@@H]2C(C)(C)CCC[C@]2(C)[C@@H]1Cc1occc1C. The second-order valence-electron chi connectivity index (χ2n) is 8.38. The molecule has 1 heterocycles. The minimum absolute atomic E-state index is 0.399. The molecule has 3 atom stereocenters. The normalized spacial score (nSPS) is 35.5. The summed E-state index contributed by atoms with van der Waals surface area (Å²) in [5.74, 6) is 2.58. The van der Waals surface area contributed by atoms with Gasteiger partial charge in [0, 0.05) is 6.42 Å². The van der Waals surface area contributed by atoms with Crippen LogP contribution in [0.2, 0.25) is 0 Å². The van der Waals surface area contributed by atoms with Crippen LogP contribution in [-0.2, 0) is 6.42 Å². The number of aryl methyl sites for hydroxylation is 1. The molecule has 2 saturated carbocycles. The van der Waals surface area contributed by atoms with Crippen LogP contribution in [-0.4, -0.2) is 0 Å². The molecule has 1 aromatic heterocycles. The van der Waals surface area contributed by atoms with Crippen molar-refractivity contribution in [2.24, 2.45) is 22.7 Å². The molecule has 0 unspecified atom stereocenters. The molecule has 2 aliphatic rings. The summed E-state index contributed by atoms with van der Waals surface area (Å²) < 4.78 is 5.75.